The van der Waals surface area contributed by atoms with Crippen molar-refractivity contribution in [3.8, 4) is 5.75 Å². The number of nitrogens with zero attached hydrogens (tertiary/aromatic N) is 2. The number of benzene rings is 2. The molecule has 2 atom stereocenters. The number of hydrogen-bond acceptors (Lipinski definition) is 8. The molecule has 0 saturated carbocycles. The van der Waals surface area contributed by atoms with Crippen LogP contribution >= 0.6 is 0 Å². The Hall–Kier alpha value is -2.47. The minimum Gasteiger partial charge on any atom is -0.465 e. The second-order valence-electron chi connectivity index (χ2n) is 17.0. The van der Waals surface area contributed by atoms with E-state index >= 15 is 0 Å². The van der Waals surface area contributed by atoms with Crippen molar-refractivity contribution in [2.75, 3.05) is 45.6 Å². The first-order valence-corrected chi connectivity index (χ1v) is 26.7. The number of sulfonamides is 1. The fourth-order valence-corrected chi connectivity index (χ4v) is 8.58. The minimum absolute atomic E-state index is 0.00306. The average molecular weight is 768 g/mol. The SMILES string of the molecule is CC(C)CN(C[C@@H](OCOCC[Si](C)(C)C)[C@H](Cc1ccccc1)N(C(=O)O)C(C)(C)C)S(=O)(=O)c1ccc(OCOCC[Si](C)(C)C)c(N)c1. The summed E-state index contributed by atoms with van der Waals surface area (Å²) in [7, 11) is -6.76. The van der Waals surface area contributed by atoms with Gasteiger partial charge in [0.1, 0.15) is 12.5 Å². The van der Waals surface area contributed by atoms with Crippen LogP contribution in [0.1, 0.15) is 40.2 Å². The average Bonchev–Trinajstić information content (AvgIpc) is 2.98. The number of ether oxygens (including phenoxy) is 4. The van der Waals surface area contributed by atoms with Crippen molar-refractivity contribution in [3.05, 3.63) is 54.1 Å². The summed E-state index contributed by atoms with van der Waals surface area (Å²) in [5.41, 5.74) is 6.57. The van der Waals surface area contributed by atoms with Crippen LogP contribution in [0.3, 0.4) is 0 Å². The van der Waals surface area contributed by atoms with E-state index < -0.39 is 49.9 Å². The third-order valence-corrected chi connectivity index (χ3v) is 13.4. The van der Waals surface area contributed by atoms with Crippen LogP contribution in [0.15, 0.2) is 53.4 Å². The maximum absolute atomic E-state index is 14.4. The fraction of sp³-hybridized carbons (Fsp3) is 0.649. The van der Waals surface area contributed by atoms with Gasteiger partial charge in [-0.15, -0.1) is 0 Å². The number of amides is 1. The highest BCUT2D eigenvalue weighted by atomic mass is 32.2. The highest BCUT2D eigenvalue weighted by molar-refractivity contribution is 7.89. The lowest BCUT2D eigenvalue weighted by molar-refractivity contribution is -0.118. The number of carboxylic acid groups (broad SMARTS) is 1. The van der Waals surface area contributed by atoms with Gasteiger partial charge in [0.2, 0.25) is 10.0 Å². The van der Waals surface area contributed by atoms with Crippen LogP contribution in [0.25, 0.3) is 0 Å². The molecule has 0 aromatic heterocycles. The van der Waals surface area contributed by atoms with Crippen LogP contribution < -0.4 is 10.5 Å². The summed E-state index contributed by atoms with van der Waals surface area (Å²) in [6, 6.07) is 15.2. The smallest absolute Gasteiger partial charge is 0.408 e. The second kappa shape index (κ2) is 19.6. The summed E-state index contributed by atoms with van der Waals surface area (Å²) in [6.45, 7) is 24.0. The van der Waals surface area contributed by atoms with Crippen LogP contribution in [0.2, 0.25) is 51.4 Å². The molecule has 2 rings (SSSR count). The number of nitrogens with two attached hydrogens (primary N) is 1. The van der Waals surface area contributed by atoms with Crippen molar-refractivity contribution in [1.82, 2.24) is 9.21 Å². The van der Waals surface area contributed by atoms with Gasteiger partial charge >= 0.3 is 6.09 Å². The predicted octanol–water partition coefficient (Wildman–Crippen LogP) is 7.69. The van der Waals surface area contributed by atoms with Crippen molar-refractivity contribution in [2.24, 2.45) is 5.92 Å². The van der Waals surface area contributed by atoms with Gasteiger partial charge in [-0.05, 0) is 69.0 Å². The van der Waals surface area contributed by atoms with Crippen molar-refractivity contribution in [2.45, 2.75) is 115 Å². The quantitative estimate of drug-likeness (QED) is 0.0534. The first-order chi connectivity index (χ1) is 23.5. The Balaban J connectivity index is 2.50. The number of anilines is 1. The Kier molecular flexibility index (Phi) is 17.1. The molecule has 0 heterocycles. The topological polar surface area (TPSA) is 141 Å². The highest BCUT2D eigenvalue weighted by Crippen LogP contribution is 2.30. The first kappa shape index (κ1) is 44.7. The summed E-state index contributed by atoms with van der Waals surface area (Å²) < 4.78 is 53.9. The molecular formula is C37H65N3O8SSi2. The molecule has 2 aromatic rings. The lowest BCUT2D eigenvalue weighted by atomic mass is 9.94. The zero-order valence-electron chi connectivity index (χ0n) is 32.9. The van der Waals surface area contributed by atoms with E-state index in [9.17, 15) is 18.3 Å². The van der Waals surface area contributed by atoms with E-state index in [1.807, 2.05) is 65.0 Å². The molecule has 0 aliphatic rings. The Bertz CT molecular complexity index is 1460. The molecule has 0 aliphatic heterocycles. The number of hydrogen-bond donors (Lipinski definition) is 2. The van der Waals surface area contributed by atoms with E-state index in [2.05, 4.69) is 39.3 Å². The van der Waals surface area contributed by atoms with Gasteiger partial charge < -0.3 is 29.8 Å². The van der Waals surface area contributed by atoms with Crippen molar-refractivity contribution < 1.29 is 37.3 Å². The summed E-state index contributed by atoms with van der Waals surface area (Å²) in [4.78, 5) is 14.3. The van der Waals surface area contributed by atoms with Crippen LogP contribution in [-0.2, 0) is 30.7 Å². The monoisotopic (exact) mass is 767 g/mol. The van der Waals surface area contributed by atoms with E-state index in [1.165, 1.54) is 21.3 Å². The highest BCUT2D eigenvalue weighted by Gasteiger charge is 2.41. The van der Waals surface area contributed by atoms with Gasteiger partial charge in [0.25, 0.3) is 0 Å². The zero-order valence-corrected chi connectivity index (χ0v) is 35.7. The molecule has 3 N–H and O–H groups in total. The van der Waals surface area contributed by atoms with Gasteiger partial charge in [-0.3, -0.25) is 4.90 Å². The van der Waals surface area contributed by atoms with Crippen LogP contribution in [0.5, 0.6) is 5.75 Å². The molecule has 0 fully saturated rings. The summed E-state index contributed by atoms with van der Waals surface area (Å²) in [6.07, 6.45) is -1.70. The van der Waals surface area contributed by atoms with Gasteiger partial charge in [-0.2, -0.15) is 4.31 Å². The molecule has 11 nitrogen and oxygen atoms in total. The maximum Gasteiger partial charge on any atom is 0.408 e. The molecule has 290 valence electrons. The third kappa shape index (κ3) is 16.0. The van der Waals surface area contributed by atoms with E-state index in [-0.39, 0.29) is 43.2 Å². The van der Waals surface area contributed by atoms with Crippen LogP contribution in [0.4, 0.5) is 10.5 Å². The largest absolute Gasteiger partial charge is 0.465 e. The Morgan fingerprint density at radius 3 is 1.94 bits per heavy atom. The molecule has 0 radical (unpaired) electrons. The lowest BCUT2D eigenvalue weighted by Gasteiger charge is -2.44. The predicted molar refractivity (Wildman–Crippen MR) is 211 cm³/mol. The van der Waals surface area contributed by atoms with E-state index in [1.54, 1.807) is 6.07 Å². The van der Waals surface area contributed by atoms with Gasteiger partial charge in [0.05, 0.1) is 22.7 Å². The van der Waals surface area contributed by atoms with Crippen LogP contribution in [-0.4, -0.2) is 103 Å². The van der Waals surface area contributed by atoms with Gasteiger partial charge in [0.15, 0.2) is 6.79 Å². The second-order valence-corrected chi connectivity index (χ2v) is 30.2. The maximum atomic E-state index is 14.4. The Labute approximate surface area is 309 Å². The zero-order chi connectivity index (χ0) is 38.6. The molecule has 2 aromatic carbocycles. The lowest BCUT2D eigenvalue weighted by Crippen LogP contribution is -2.59. The van der Waals surface area contributed by atoms with Crippen LogP contribution in [0, 0.1) is 5.92 Å². The number of rotatable bonds is 22. The number of nitrogen functional groups attached to an aromatic ring is 1. The minimum atomic E-state index is -4.13. The summed E-state index contributed by atoms with van der Waals surface area (Å²) in [5.74, 6) is 0.284. The van der Waals surface area contributed by atoms with E-state index in [0.29, 0.717) is 25.4 Å². The van der Waals surface area contributed by atoms with Gasteiger partial charge in [0, 0.05) is 48.0 Å². The Morgan fingerprint density at radius 2 is 1.45 bits per heavy atom. The summed E-state index contributed by atoms with van der Waals surface area (Å²) >= 11 is 0. The molecule has 51 heavy (non-hydrogen) atoms. The van der Waals surface area contributed by atoms with E-state index in [4.69, 9.17) is 24.7 Å². The standard InChI is InChI=1S/C37H65N3O8SSi2/c1-29(2)25-39(49(43,44)31-17-18-34(32(38)24-31)47-27-45-19-21-50(6,7)8)26-35(48-28-46-20-22-51(9,10)11)33(23-30-15-13-12-14-16-30)40(36(41)42)37(3,4)5/h12-18,24,29,33,35H,19-23,25-28,38H2,1-11H3,(H,41,42)/t33-,35+/m0/s1. The fourth-order valence-electron chi connectivity index (χ4n) is 5.42. The number of carbonyl (C=O) groups is 1. The molecule has 0 bridgehead atoms. The molecule has 14 heteroatoms. The molecular weight excluding hydrogens is 703 g/mol. The van der Waals surface area contributed by atoms with Gasteiger partial charge in [-0.25, -0.2) is 13.2 Å². The summed E-state index contributed by atoms with van der Waals surface area (Å²) in [5, 5.41) is 10.6. The first-order valence-electron chi connectivity index (χ1n) is 17.9. The molecule has 0 aliphatic carbocycles. The Morgan fingerprint density at radius 1 is 0.882 bits per heavy atom. The molecule has 0 spiro atoms. The molecule has 1 amide bonds. The van der Waals surface area contributed by atoms with Crippen molar-refractivity contribution in [3.63, 3.8) is 0 Å². The van der Waals surface area contributed by atoms with Gasteiger partial charge in [-0.1, -0.05) is 83.5 Å². The van der Waals surface area contributed by atoms with Crippen molar-refractivity contribution in [1.29, 1.82) is 0 Å². The normalized spacial score (nSPS) is 14.1. The van der Waals surface area contributed by atoms with Crippen molar-refractivity contribution >= 4 is 38.0 Å². The molecule has 0 unspecified atom stereocenters. The van der Waals surface area contributed by atoms with E-state index in [0.717, 1.165) is 17.7 Å². The molecule has 0 saturated heterocycles. The third-order valence-electron chi connectivity index (χ3n) is 8.20.